The standard InChI is InChI=1S/C25H26FN7O4S/c1-38(34,35)33(11-2-3-22-28-31-32-29-22)20-14-21-19(13-18(20)15-4-5-15)23(25-27-10-12-36-30-25)24(37-21)16-6-8-17(26)9-7-16/h6-9,13-15H,2-5,10-12H2,1H3,(H,27,30)(H,28,29,31,32). The first-order valence-electron chi connectivity index (χ1n) is 12.4. The Kier molecular flexibility index (Phi) is 6.22. The van der Waals surface area contributed by atoms with Gasteiger partial charge in [0.1, 0.15) is 29.6 Å². The molecule has 2 N–H and O–H groups in total. The molecule has 6 rings (SSSR count). The van der Waals surface area contributed by atoms with E-state index in [1.165, 1.54) is 22.7 Å². The molecule has 0 amide bonds. The van der Waals surface area contributed by atoms with E-state index in [-0.39, 0.29) is 18.3 Å². The van der Waals surface area contributed by atoms with Crippen LogP contribution in [-0.2, 0) is 21.3 Å². The third-order valence-corrected chi connectivity index (χ3v) is 7.85. The fourth-order valence-corrected chi connectivity index (χ4v) is 5.73. The number of hydrogen-bond acceptors (Lipinski definition) is 9. The van der Waals surface area contributed by atoms with Crippen molar-refractivity contribution in [2.45, 2.75) is 31.6 Å². The molecule has 2 aromatic carbocycles. The van der Waals surface area contributed by atoms with Crippen LogP contribution in [0.5, 0.6) is 0 Å². The van der Waals surface area contributed by atoms with Crippen molar-refractivity contribution in [3.63, 3.8) is 0 Å². The number of anilines is 1. The van der Waals surface area contributed by atoms with Gasteiger partial charge in [0.05, 0.1) is 24.1 Å². The number of amidine groups is 1. The van der Waals surface area contributed by atoms with Crippen LogP contribution < -0.4 is 9.62 Å². The highest BCUT2D eigenvalue weighted by Crippen LogP contribution is 2.48. The van der Waals surface area contributed by atoms with Gasteiger partial charge in [-0.25, -0.2) is 17.9 Å². The van der Waals surface area contributed by atoms with Crippen LogP contribution in [0, 0.1) is 5.82 Å². The highest BCUT2D eigenvalue weighted by atomic mass is 32.2. The van der Waals surface area contributed by atoms with Gasteiger partial charge in [0.15, 0.2) is 5.84 Å². The van der Waals surface area contributed by atoms with E-state index in [1.54, 1.807) is 18.2 Å². The number of halogens is 1. The number of tetrazole rings is 1. The van der Waals surface area contributed by atoms with Crippen molar-refractivity contribution in [1.29, 1.82) is 0 Å². The molecule has 1 fully saturated rings. The summed E-state index contributed by atoms with van der Waals surface area (Å²) in [5.74, 6) is 1.50. The average molecular weight is 540 g/mol. The van der Waals surface area contributed by atoms with Crippen LogP contribution in [0.15, 0.2) is 46.0 Å². The molecule has 38 heavy (non-hydrogen) atoms. The van der Waals surface area contributed by atoms with E-state index >= 15 is 0 Å². The number of H-pyrrole nitrogens is 1. The number of benzene rings is 2. The number of sulfonamides is 1. The number of furan rings is 1. The maximum atomic E-state index is 13.7. The van der Waals surface area contributed by atoms with Crippen molar-refractivity contribution < 1.29 is 22.1 Å². The molecule has 1 saturated carbocycles. The number of aromatic nitrogens is 4. The third-order valence-electron chi connectivity index (χ3n) is 6.67. The highest BCUT2D eigenvalue weighted by molar-refractivity contribution is 7.92. The van der Waals surface area contributed by atoms with Gasteiger partial charge in [-0.1, -0.05) is 5.16 Å². The van der Waals surface area contributed by atoms with Crippen LogP contribution in [0.3, 0.4) is 0 Å². The zero-order chi connectivity index (χ0) is 26.3. The Morgan fingerprint density at radius 3 is 2.66 bits per heavy atom. The van der Waals surface area contributed by atoms with E-state index in [4.69, 9.17) is 9.25 Å². The lowest BCUT2D eigenvalue weighted by atomic mass is 10.00. The van der Waals surface area contributed by atoms with E-state index in [9.17, 15) is 12.8 Å². The van der Waals surface area contributed by atoms with Gasteiger partial charge in [-0.2, -0.15) is 0 Å². The second kappa shape index (κ2) is 9.71. The fraction of sp³-hybridized carbons (Fsp3) is 0.360. The van der Waals surface area contributed by atoms with Crippen molar-refractivity contribution in [2.24, 2.45) is 5.16 Å². The van der Waals surface area contributed by atoms with E-state index in [2.05, 4.69) is 31.1 Å². The Morgan fingerprint density at radius 1 is 1.18 bits per heavy atom. The van der Waals surface area contributed by atoms with Crippen molar-refractivity contribution in [2.75, 3.05) is 30.3 Å². The molecule has 0 saturated heterocycles. The molecule has 3 heterocycles. The Hall–Kier alpha value is -4.00. The quantitative estimate of drug-likeness (QED) is 0.330. The second-order valence-electron chi connectivity index (χ2n) is 9.48. The van der Waals surface area contributed by atoms with Crippen molar-refractivity contribution in [1.82, 2.24) is 25.9 Å². The van der Waals surface area contributed by atoms with Crippen molar-refractivity contribution >= 4 is 32.5 Å². The first-order chi connectivity index (χ1) is 18.4. The molecule has 1 aliphatic heterocycles. The minimum atomic E-state index is -3.60. The first kappa shape index (κ1) is 24.3. The van der Waals surface area contributed by atoms with Gasteiger partial charge in [0.2, 0.25) is 10.0 Å². The van der Waals surface area contributed by atoms with Crippen LogP contribution in [0.25, 0.3) is 22.3 Å². The molecule has 11 nitrogen and oxygen atoms in total. The number of nitrogens with zero attached hydrogens (tertiary/aromatic N) is 5. The number of oxime groups is 1. The molecular weight excluding hydrogens is 513 g/mol. The summed E-state index contributed by atoms with van der Waals surface area (Å²) in [5.41, 5.74) is 3.40. The summed E-state index contributed by atoms with van der Waals surface area (Å²) in [6.45, 7) is 1.27. The SMILES string of the molecule is CS(=O)(=O)N(CCCc1nnn[nH]1)c1cc2oc(-c3ccc(F)cc3)c(C3=NOCCN3)c2cc1C1CC1. The molecular formula is C25H26FN7O4S. The lowest BCUT2D eigenvalue weighted by molar-refractivity contribution is 0.136. The van der Waals surface area contributed by atoms with Gasteiger partial charge >= 0.3 is 0 Å². The lowest BCUT2D eigenvalue weighted by Gasteiger charge is -2.25. The molecule has 2 aromatic heterocycles. The van der Waals surface area contributed by atoms with Gasteiger partial charge in [-0.15, -0.1) is 5.10 Å². The number of nitrogens with one attached hydrogen (secondary N) is 2. The van der Waals surface area contributed by atoms with E-state index < -0.39 is 10.0 Å². The van der Waals surface area contributed by atoms with E-state index in [1.807, 2.05) is 6.07 Å². The maximum Gasteiger partial charge on any atom is 0.232 e. The highest BCUT2D eigenvalue weighted by Gasteiger charge is 2.33. The minimum Gasteiger partial charge on any atom is -0.455 e. The first-order valence-corrected chi connectivity index (χ1v) is 14.2. The smallest absolute Gasteiger partial charge is 0.232 e. The molecule has 1 aliphatic carbocycles. The van der Waals surface area contributed by atoms with Crippen LogP contribution in [-0.4, -0.2) is 60.8 Å². The number of hydrogen-bond donors (Lipinski definition) is 2. The molecule has 0 radical (unpaired) electrons. The van der Waals surface area contributed by atoms with Gasteiger partial charge in [0, 0.05) is 30.0 Å². The maximum absolute atomic E-state index is 13.7. The zero-order valence-electron chi connectivity index (χ0n) is 20.6. The molecule has 13 heteroatoms. The third kappa shape index (κ3) is 4.80. The average Bonchev–Trinajstić information content (AvgIpc) is 3.48. The molecule has 2 aliphatic rings. The zero-order valence-corrected chi connectivity index (χ0v) is 21.5. The van der Waals surface area contributed by atoms with E-state index in [0.29, 0.717) is 65.8 Å². The number of aryl methyl sites for hydroxylation is 1. The summed E-state index contributed by atoms with van der Waals surface area (Å²) >= 11 is 0. The molecule has 0 atom stereocenters. The normalized spacial score (nSPS) is 15.7. The van der Waals surface area contributed by atoms with Crippen LogP contribution in [0.1, 0.15) is 42.1 Å². The molecule has 198 valence electrons. The van der Waals surface area contributed by atoms with Crippen LogP contribution in [0.2, 0.25) is 0 Å². The second-order valence-corrected chi connectivity index (χ2v) is 11.4. The Balaban J connectivity index is 1.48. The predicted molar refractivity (Wildman–Crippen MR) is 139 cm³/mol. The van der Waals surface area contributed by atoms with Crippen LogP contribution >= 0.6 is 0 Å². The fourth-order valence-electron chi connectivity index (χ4n) is 4.76. The lowest BCUT2D eigenvalue weighted by Crippen LogP contribution is -2.32. The summed E-state index contributed by atoms with van der Waals surface area (Å²) in [6.07, 6.45) is 4.18. The molecule has 4 aromatic rings. The molecule has 0 spiro atoms. The summed E-state index contributed by atoms with van der Waals surface area (Å²) in [6, 6.07) is 9.83. The largest absolute Gasteiger partial charge is 0.455 e. The summed E-state index contributed by atoms with van der Waals surface area (Å²) in [5, 5.41) is 22.0. The summed E-state index contributed by atoms with van der Waals surface area (Å²) < 4.78 is 47.5. The number of fused-ring (bicyclic) bond motifs is 1. The topological polar surface area (TPSA) is 139 Å². The monoisotopic (exact) mass is 539 g/mol. The van der Waals surface area contributed by atoms with Crippen molar-refractivity contribution in [3.05, 3.63) is 59.2 Å². The van der Waals surface area contributed by atoms with Crippen LogP contribution in [0.4, 0.5) is 10.1 Å². The molecule has 0 unspecified atom stereocenters. The van der Waals surface area contributed by atoms with Gasteiger partial charge in [-0.05, 0) is 71.5 Å². The van der Waals surface area contributed by atoms with Gasteiger partial charge < -0.3 is 14.6 Å². The minimum absolute atomic E-state index is 0.242. The van der Waals surface area contributed by atoms with Gasteiger partial charge in [-0.3, -0.25) is 4.31 Å². The Labute approximate surface area is 218 Å². The number of aromatic amines is 1. The van der Waals surface area contributed by atoms with Gasteiger partial charge in [0.25, 0.3) is 0 Å². The summed E-state index contributed by atoms with van der Waals surface area (Å²) in [4.78, 5) is 5.36. The summed E-state index contributed by atoms with van der Waals surface area (Å²) in [7, 11) is -3.60. The number of rotatable bonds is 9. The Bertz CT molecular complexity index is 1600. The van der Waals surface area contributed by atoms with Crippen molar-refractivity contribution in [3.8, 4) is 11.3 Å². The predicted octanol–water partition coefficient (Wildman–Crippen LogP) is 3.31. The van der Waals surface area contributed by atoms with E-state index in [0.717, 1.165) is 23.8 Å². The Morgan fingerprint density at radius 2 is 2.00 bits per heavy atom. The molecule has 0 bridgehead atoms.